The maximum absolute atomic E-state index is 13.1. The Morgan fingerprint density at radius 1 is 1.17 bits per heavy atom. The number of benzene rings is 1. The molecular formula is C22H27FN2O4. The zero-order valence-electron chi connectivity index (χ0n) is 16.4. The molecule has 7 heteroatoms. The Morgan fingerprint density at radius 3 is 2.69 bits per heavy atom. The van der Waals surface area contributed by atoms with Gasteiger partial charge in [-0.25, -0.2) is 4.39 Å². The number of nitrogens with one attached hydrogen (secondary N) is 1. The molecule has 3 unspecified atom stereocenters. The molecular weight excluding hydrogens is 375 g/mol. The minimum atomic E-state index is -0.581. The summed E-state index contributed by atoms with van der Waals surface area (Å²) in [4.78, 5) is 12.2. The number of carbonyl (C=O) groups excluding carboxylic acids is 1. The van der Waals surface area contributed by atoms with Crippen molar-refractivity contribution in [2.75, 3.05) is 6.54 Å². The topological polar surface area (TPSA) is 84.6 Å². The quantitative estimate of drug-likeness (QED) is 0.775. The van der Waals surface area contributed by atoms with Crippen LogP contribution in [0, 0.1) is 11.7 Å². The summed E-state index contributed by atoms with van der Waals surface area (Å²) in [5, 5.41) is 17.3. The molecule has 1 aromatic carbocycles. The molecule has 0 bridgehead atoms. The Labute approximate surface area is 169 Å². The molecule has 2 aliphatic rings. The first kappa shape index (κ1) is 20.0. The highest BCUT2D eigenvalue weighted by atomic mass is 19.1. The molecule has 6 nitrogen and oxygen atoms in total. The number of carbonyl (C=O) groups is 1. The van der Waals surface area contributed by atoms with Gasteiger partial charge in [0.15, 0.2) is 5.76 Å². The van der Waals surface area contributed by atoms with E-state index in [1.807, 2.05) is 6.07 Å². The van der Waals surface area contributed by atoms with E-state index in [0.717, 1.165) is 36.9 Å². The van der Waals surface area contributed by atoms with Crippen LogP contribution in [0.2, 0.25) is 0 Å². The summed E-state index contributed by atoms with van der Waals surface area (Å²) in [6.45, 7) is 0.326. The smallest absolute Gasteiger partial charge is 0.223 e. The van der Waals surface area contributed by atoms with Crippen LogP contribution in [-0.2, 0) is 16.0 Å². The Balaban J connectivity index is 1.31. The average Bonchev–Trinajstić information content (AvgIpc) is 3.41. The second-order valence-electron chi connectivity index (χ2n) is 8.06. The van der Waals surface area contributed by atoms with E-state index in [2.05, 4.69) is 10.5 Å². The lowest BCUT2D eigenvalue weighted by atomic mass is 9.97. The van der Waals surface area contributed by atoms with Gasteiger partial charge in [0, 0.05) is 30.5 Å². The van der Waals surface area contributed by atoms with Gasteiger partial charge in [-0.15, -0.1) is 0 Å². The first-order valence-electron chi connectivity index (χ1n) is 10.4. The molecule has 29 heavy (non-hydrogen) atoms. The van der Waals surface area contributed by atoms with Gasteiger partial charge in [0.25, 0.3) is 0 Å². The zero-order chi connectivity index (χ0) is 20.2. The van der Waals surface area contributed by atoms with Crippen LogP contribution in [0.25, 0.3) is 11.3 Å². The van der Waals surface area contributed by atoms with Gasteiger partial charge in [0.2, 0.25) is 5.91 Å². The van der Waals surface area contributed by atoms with Crippen LogP contribution < -0.4 is 5.32 Å². The van der Waals surface area contributed by atoms with Crippen LogP contribution in [0.5, 0.6) is 0 Å². The molecule has 2 aromatic rings. The summed E-state index contributed by atoms with van der Waals surface area (Å²) in [6.07, 6.45) is 4.92. The Kier molecular flexibility index (Phi) is 6.25. The third-order valence-corrected chi connectivity index (χ3v) is 5.91. The number of rotatable bonds is 6. The summed E-state index contributed by atoms with van der Waals surface area (Å²) in [7, 11) is 0. The van der Waals surface area contributed by atoms with Crippen LogP contribution in [0.15, 0.2) is 34.9 Å². The van der Waals surface area contributed by atoms with Crippen LogP contribution in [0.3, 0.4) is 0 Å². The van der Waals surface area contributed by atoms with E-state index in [0.29, 0.717) is 31.6 Å². The Hall–Kier alpha value is -2.25. The van der Waals surface area contributed by atoms with E-state index < -0.39 is 12.2 Å². The molecule has 1 amide bonds. The lowest BCUT2D eigenvalue weighted by Gasteiger charge is -2.34. The molecule has 156 valence electrons. The normalized spacial score (nSPS) is 25.2. The minimum absolute atomic E-state index is 0.0702. The monoisotopic (exact) mass is 402 g/mol. The summed E-state index contributed by atoms with van der Waals surface area (Å²) >= 11 is 0. The number of hydrogen-bond acceptors (Lipinski definition) is 5. The first-order chi connectivity index (χ1) is 14.1. The third kappa shape index (κ3) is 5.03. The second-order valence-corrected chi connectivity index (χ2v) is 8.06. The Morgan fingerprint density at radius 2 is 1.93 bits per heavy atom. The van der Waals surface area contributed by atoms with Gasteiger partial charge in [0.1, 0.15) is 11.9 Å². The van der Waals surface area contributed by atoms with Crippen molar-refractivity contribution < 1.29 is 23.6 Å². The van der Waals surface area contributed by atoms with E-state index >= 15 is 0 Å². The maximum atomic E-state index is 13.1. The maximum Gasteiger partial charge on any atom is 0.223 e. The second kappa shape index (κ2) is 9.05. The first-order valence-corrected chi connectivity index (χ1v) is 10.4. The van der Waals surface area contributed by atoms with Crippen molar-refractivity contribution in [3.8, 4) is 11.3 Å². The SMILES string of the molecule is O=C(NCC1OC(Cc2cc(-c3ccc(F)cc3)on2)CCC1O)C1CCCC1. The number of nitrogens with zero attached hydrogens (tertiary/aromatic N) is 1. The van der Waals surface area contributed by atoms with E-state index in [1.165, 1.54) is 12.1 Å². The number of ether oxygens (including phenoxy) is 1. The molecule has 2 heterocycles. The standard InChI is InChI=1S/C22H27FN2O4/c23-16-7-5-14(6-8-16)20-12-17(25-29-20)11-18-9-10-19(26)21(28-18)13-24-22(27)15-3-1-2-4-15/h5-8,12,15,18-19,21,26H,1-4,9-11,13H2,(H,24,27). The van der Waals surface area contributed by atoms with Crippen molar-refractivity contribution in [3.63, 3.8) is 0 Å². The van der Waals surface area contributed by atoms with Crippen LogP contribution in [-0.4, -0.2) is 41.0 Å². The molecule has 4 rings (SSSR count). The van der Waals surface area contributed by atoms with Crippen LogP contribution in [0.1, 0.15) is 44.2 Å². The number of aliphatic hydroxyl groups is 1. The van der Waals surface area contributed by atoms with E-state index in [9.17, 15) is 14.3 Å². The molecule has 1 saturated heterocycles. The van der Waals surface area contributed by atoms with Crippen LogP contribution >= 0.6 is 0 Å². The van der Waals surface area contributed by atoms with Gasteiger partial charge in [0.05, 0.1) is 17.9 Å². The predicted octanol–water partition coefficient (Wildman–Crippen LogP) is 3.24. The van der Waals surface area contributed by atoms with Gasteiger partial charge in [-0.1, -0.05) is 18.0 Å². The minimum Gasteiger partial charge on any atom is -0.390 e. The van der Waals surface area contributed by atoms with Crippen molar-refractivity contribution in [1.82, 2.24) is 10.5 Å². The number of halogens is 1. The Bertz CT molecular complexity index is 816. The van der Waals surface area contributed by atoms with E-state index in [-0.39, 0.29) is 23.7 Å². The number of aromatic nitrogens is 1. The van der Waals surface area contributed by atoms with Gasteiger partial charge in [-0.05, 0) is 49.9 Å². The van der Waals surface area contributed by atoms with E-state index in [4.69, 9.17) is 9.26 Å². The van der Waals surface area contributed by atoms with Crippen molar-refractivity contribution in [2.24, 2.45) is 5.92 Å². The number of aliphatic hydroxyl groups excluding tert-OH is 1. The fraction of sp³-hybridized carbons (Fsp3) is 0.545. The van der Waals surface area contributed by atoms with E-state index in [1.54, 1.807) is 12.1 Å². The molecule has 2 fully saturated rings. The molecule has 3 atom stereocenters. The van der Waals surface area contributed by atoms with Crippen molar-refractivity contribution in [2.45, 2.75) is 63.3 Å². The molecule has 2 N–H and O–H groups in total. The highest BCUT2D eigenvalue weighted by Gasteiger charge is 2.32. The molecule has 0 radical (unpaired) electrons. The highest BCUT2D eigenvalue weighted by molar-refractivity contribution is 5.78. The third-order valence-electron chi connectivity index (χ3n) is 5.91. The predicted molar refractivity (Wildman–Crippen MR) is 104 cm³/mol. The fourth-order valence-electron chi connectivity index (χ4n) is 4.21. The summed E-state index contributed by atoms with van der Waals surface area (Å²) in [5.74, 6) is 0.456. The molecule has 1 aromatic heterocycles. The average molecular weight is 402 g/mol. The van der Waals surface area contributed by atoms with Gasteiger partial charge < -0.3 is 19.7 Å². The fourth-order valence-corrected chi connectivity index (χ4v) is 4.21. The van der Waals surface area contributed by atoms with Gasteiger partial charge in [-0.2, -0.15) is 0 Å². The number of hydrogen-bond donors (Lipinski definition) is 2. The molecule has 1 aliphatic heterocycles. The van der Waals surface area contributed by atoms with Crippen molar-refractivity contribution in [1.29, 1.82) is 0 Å². The van der Waals surface area contributed by atoms with Crippen molar-refractivity contribution >= 4 is 5.91 Å². The summed E-state index contributed by atoms with van der Waals surface area (Å²) in [6, 6.07) is 7.89. The molecule has 1 saturated carbocycles. The zero-order valence-corrected chi connectivity index (χ0v) is 16.4. The highest BCUT2D eigenvalue weighted by Crippen LogP contribution is 2.27. The summed E-state index contributed by atoms with van der Waals surface area (Å²) in [5.41, 5.74) is 1.51. The number of amides is 1. The lowest BCUT2D eigenvalue weighted by molar-refractivity contribution is -0.131. The molecule has 0 spiro atoms. The van der Waals surface area contributed by atoms with Gasteiger partial charge in [-0.3, -0.25) is 4.79 Å². The van der Waals surface area contributed by atoms with Gasteiger partial charge >= 0.3 is 0 Å². The summed E-state index contributed by atoms with van der Waals surface area (Å²) < 4.78 is 24.5. The molecule has 1 aliphatic carbocycles. The lowest BCUT2D eigenvalue weighted by Crippen LogP contribution is -2.47. The van der Waals surface area contributed by atoms with Crippen molar-refractivity contribution in [3.05, 3.63) is 41.8 Å². The van der Waals surface area contributed by atoms with Crippen LogP contribution in [0.4, 0.5) is 4.39 Å². The largest absolute Gasteiger partial charge is 0.390 e.